The zero-order valence-corrected chi connectivity index (χ0v) is 14.7. The first-order valence-corrected chi connectivity index (χ1v) is 7.82. The third-order valence-electron chi connectivity index (χ3n) is 4.27. The highest BCUT2D eigenvalue weighted by atomic mass is 35.5. The average molecular weight is 322 g/mol. The highest BCUT2D eigenvalue weighted by Crippen LogP contribution is 2.35. The van der Waals surface area contributed by atoms with Crippen molar-refractivity contribution in [3.63, 3.8) is 0 Å². The Morgan fingerprint density at radius 1 is 0.905 bits per heavy atom. The Hall–Kier alpha value is -1.02. The quantitative estimate of drug-likeness (QED) is 0.783. The molecular weight excluding hydrogens is 301 g/mol. The summed E-state index contributed by atoms with van der Waals surface area (Å²) in [6.07, 6.45) is 0. The Morgan fingerprint density at radius 3 is 2.00 bits per heavy atom. The van der Waals surface area contributed by atoms with Gasteiger partial charge < -0.3 is 5.32 Å². The summed E-state index contributed by atoms with van der Waals surface area (Å²) < 4.78 is 0. The van der Waals surface area contributed by atoms with E-state index in [1.807, 2.05) is 25.2 Å². The fourth-order valence-electron chi connectivity index (χ4n) is 2.87. The standard InChI is InChI=1S/C18H21Cl2N/c1-10-8-11(2)13(4)17(12(10)3)18(21-5)15-9-14(19)6-7-16(15)20/h6-9,18,21H,1-5H3. The van der Waals surface area contributed by atoms with E-state index >= 15 is 0 Å². The SMILES string of the molecule is CNC(c1cc(Cl)ccc1Cl)c1c(C)c(C)cc(C)c1C. The van der Waals surface area contributed by atoms with Crippen LogP contribution in [0.15, 0.2) is 24.3 Å². The summed E-state index contributed by atoms with van der Waals surface area (Å²) in [7, 11) is 1.96. The smallest absolute Gasteiger partial charge is 0.0594 e. The van der Waals surface area contributed by atoms with Crippen LogP contribution in [0, 0.1) is 27.7 Å². The normalized spacial score (nSPS) is 12.5. The third kappa shape index (κ3) is 3.11. The monoisotopic (exact) mass is 321 g/mol. The molecule has 2 aromatic carbocycles. The zero-order valence-electron chi connectivity index (χ0n) is 13.1. The minimum absolute atomic E-state index is 0.0369. The molecule has 3 heteroatoms. The van der Waals surface area contributed by atoms with E-state index in [2.05, 4.69) is 39.1 Å². The van der Waals surface area contributed by atoms with Crippen LogP contribution in [0.4, 0.5) is 0 Å². The van der Waals surface area contributed by atoms with Crippen molar-refractivity contribution in [1.29, 1.82) is 0 Å². The number of nitrogens with one attached hydrogen (secondary N) is 1. The third-order valence-corrected chi connectivity index (χ3v) is 4.85. The molecule has 1 unspecified atom stereocenters. The van der Waals surface area contributed by atoms with Crippen LogP contribution < -0.4 is 5.32 Å². The molecule has 0 heterocycles. The van der Waals surface area contributed by atoms with E-state index in [4.69, 9.17) is 23.2 Å². The Morgan fingerprint density at radius 2 is 1.48 bits per heavy atom. The number of hydrogen-bond acceptors (Lipinski definition) is 1. The number of hydrogen-bond donors (Lipinski definition) is 1. The lowest BCUT2D eigenvalue weighted by molar-refractivity contribution is 0.681. The van der Waals surface area contributed by atoms with Gasteiger partial charge in [-0.2, -0.15) is 0 Å². The molecule has 0 amide bonds. The molecule has 0 aliphatic carbocycles. The Balaban J connectivity index is 2.70. The summed E-state index contributed by atoms with van der Waals surface area (Å²) in [6, 6.07) is 7.90. The van der Waals surface area contributed by atoms with Crippen molar-refractivity contribution in [2.24, 2.45) is 0 Å². The van der Waals surface area contributed by atoms with Gasteiger partial charge in [-0.25, -0.2) is 0 Å². The lowest BCUT2D eigenvalue weighted by Gasteiger charge is -2.25. The summed E-state index contributed by atoms with van der Waals surface area (Å²) in [5.41, 5.74) is 7.50. The first-order chi connectivity index (χ1) is 9.86. The van der Waals surface area contributed by atoms with Crippen molar-refractivity contribution in [3.05, 3.63) is 67.7 Å². The second kappa shape index (κ2) is 6.39. The van der Waals surface area contributed by atoms with Crippen LogP contribution >= 0.6 is 23.2 Å². The maximum Gasteiger partial charge on any atom is 0.0594 e. The highest BCUT2D eigenvalue weighted by molar-refractivity contribution is 6.33. The molecule has 112 valence electrons. The summed E-state index contributed by atoms with van der Waals surface area (Å²) >= 11 is 12.6. The second-order valence-electron chi connectivity index (χ2n) is 5.56. The van der Waals surface area contributed by atoms with E-state index in [0.717, 1.165) is 10.6 Å². The van der Waals surface area contributed by atoms with E-state index in [1.54, 1.807) is 0 Å². The van der Waals surface area contributed by atoms with Crippen LogP contribution in [-0.2, 0) is 0 Å². The number of aryl methyl sites for hydroxylation is 2. The first-order valence-electron chi connectivity index (χ1n) is 7.06. The van der Waals surface area contributed by atoms with Gasteiger partial charge in [0.25, 0.3) is 0 Å². The van der Waals surface area contributed by atoms with Crippen LogP contribution in [0.1, 0.15) is 39.4 Å². The van der Waals surface area contributed by atoms with Gasteiger partial charge in [0.2, 0.25) is 0 Å². The molecule has 1 atom stereocenters. The van der Waals surface area contributed by atoms with Crippen molar-refractivity contribution >= 4 is 23.2 Å². The van der Waals surface area contributed by atoms with Gasteiger partial charge in [-0.1, -0.05) is 29.3 Å². The summed E-state index contributed by atoms with van der Waals surface area (Å²) in [4.78, 5) is 0. The van der Waals surface area contributed by atoms with Gasteiger partial charge in [-0.3, -0.25) is 0 Å². The van der Waals surface area contributed by atoms with Gasteiger partial charge in [0.15, 0.2) is 0 Å². The average Bonchev–Trinajstić information content (AvgIpc) is 2.44. The fourth-order valence-corrected chi connectivity index (χ4v) is 3.28. The molecule has 0 aliphatic heterocycles. The van der Waals surface area contributed by atoms with E-state index < -0.39 is 0 Å². The molecule has 2 aromatic rings. The second-order valence-corrected chi connectivity index (χ2v) is 6.41. The fraction of sp³-hybridized carbons (Fsp3) is 0.333. The van der Waals surface area contributed by atoms with E-state index in [9.17, 15) is 0 Å². The van der Waals surface area contributed by atoms with Gasteiger partial charge >= 0.3 is 0 Å². The molecule has 0 aliphatic rings. The minimum Gasteiger partial charge on any atom is -0.309 e. The van der Waals surface area contributed by atoms with Crippen LogP contribution in [0.2, 0.25) is 10.0 Å². The molecule has 0 aromatic heterocycles. The first kappa shape index (κ1) is 16.4. The number of rotatable bonds is 3. The molecule has 0 radical (unpaired) electrons. The zero-order chi connectivity index (χ0) is 15.7. The van der Waals surface area contributed by atoms with Gasteiger partial charge in [0, 0.05) is 10.0 Å². The van der Waals surface area contributed by atoms with Gasteiger partial charge in [0.05, 0.1) is 6.04 Å². The van der Waals surface area contributed by atoms with Crippen molar-refractivity contribution in [2.45, 2.75) is 33.7 Å². The van der Waals surface area contributed by atoms with Crippen LogP contribution in [0.3, 0.4) is 0 Å². The molecule has 1 N–H and O–H groups in total. The van der Waals surface area contributed by atoms with Crippen LogP contribution in [-0.4, -0.2) is 7.05 Å². The van der Waals surface area contributed by atoms with Crippen molar-refractivity contribution < 1.29 is 0 Å². The largest absolute Gasteiger partial charge is 0.309 e. The molecule has 0 fully saturated rings. The summed E-state index contributed by atoms with van der Waals surface area (Å²) in [5, 5.41) is 4.83. The molecule has 1 nitrogen and oxygen atoms in total. The van der Waals surface area contributed by atoms with E-state index in [0.29, 0.717) is 5.02 Å². The van der Waals surface area contributed by atoms with Crippen LogP contribution in [0.25, 0.3) is 0 Å². The molecular formula is C18H21Cl2N. The molecule has 0 spiro atoms. The molecule has 0 saturated carbocycles. The van der Waals surface area contributed by atoms with Gasteiger partial charge in [-0.05, 0) is 86.3 Å². The summed E-state index contributed by atoms with van der Waals surface area (Å²) in [6.45, 7) is 8.63. The van der Waals surface area contributed by atoms with E-state index in [1.165, 1.54) is 27.8 Å². The molecule has 2 rings (SSSR count). The van der Waals surface area contributed by atoms with Crippen LogP contribution in [0.5, 0.6) is 0 Å². The predicted molar refractivity (Wildman–Crippen MR) is 92.8 cm³/mol. The maximum absolute atomic E-state index is 6.41. The molecule has 0 bridgehead atoms. The maximum atomic E-state index is 6.41. The lowest BCUT2D eigenvalue weighted by atomic mass is 9.87. The van der Waals surface area contributed by atoms with Crippen molar-refractivity contribution in [2.75, 3.05) is 7.05 Å². The Kier molecular flexibility index (Phi) is 4.98. The Labute approximate surface area is 137 Å². The lowest BCUT2D eigenvalue weighted by Crippen LogP contribution is -2.21. The van der Waals surface area contributed by atoms with Gasteiger partial charge in [0.1, 0.15) is 0 Å². The molecule has 0 saturated heterocycles. The van der Waals surface area contributed by atoms with Crippen molar-refractivity contribution in [3.8, 4) is 0 Å². The number of halogens is 2. The summed E-state index contributed by atoms with van der Waals surface area (Å²) in [5.74, 6) is 0. The minimum atomic E-state index is 0.0369. The Bertz CT molecular complexity index is 651. The van der Waals surface area contributed by atoms with Gasteiger partial charge in [-0.15, -0.1) is 0 Å². The number of benzene rings is 2. The molecule has 21 heavy (non-hydrogen) atoms. The topological polar surface area (TPSA) is 12.0 Å². The predicted octanol–water partition coefficient (Wildman–Crippen LogP) is 5.54. The van der Waals surface area contributed by atoms with Crippen molar-refractivity contribution in [1.82, 2.24) is 5.32 Å². The van der Waals surface area contributed by atoms with E-state index in [-0.39, 0.29) is 6.04 Å². The highest BCUT2D eigenvalue weighted by Gasteiger charge is 2.21.